The van der Waals surface area contributed by atoms with Gasteiger partial charge in [-0.1, -0.05) is 24.8 Å². The Hall–Kier alpha value is -0.690. The Kier molecular flexibility index (Phi) is 2.77. The molecule has 0 heterocycles. The predicted octanol–water partition coefficient (Wildman–Crippen LogP) is 1.25. The molecule has 2 nitrogen and oxygen atoms in total. The zero-order valence-corrected chi connectivity index (χ0v) is 6.83. The second-order valence-electron chi connectivity index (χ2n) is 2.09. The third-order valence-corrected chi connectivity index (χ3v) is 2.12. The Morgan fingerprint density at radius 1 is 1.18 bits per heavy atom. The second-order valence-corrected chi connectivity index (χ2v) is 3.18. The molecule has 0 aliphatic rings. The maximum absolute atomic E-state index is 8.78. The Balaban J connectivity index is 2.91. The molecule has 58 valence electrons. The van der Waals surface area contributed by atoms with E-state index < -0.39 is 8.38 Å². The first kappa shape index (κ1) is 8.41. The van der Waals surface area contributed by atoms with Gasteiger partial charge in [-0.3, -0.25) is 0 Å². The SMILES string of the molecule is C=Cc1ccc(P(O)O)cc1. The van der Waals surface area contributed by atoms with Crippen LogP contribution < -0.4 is 5.30 Å². The summed E-state index contributed by atoms with van der Waals surface area (Å²) in [5, 5.41) is 0.561. The van der Waals surface area contributed by atoms with E-state index in [2.05, 4.69) is 6.58 Å². The van der Waals surface area contributed by atoms with Gasteiger partial charge in [0.15, 0.2) is 8.38 Å². The fourth-order valence-corrected chi connectivity index (χ4v) is 1.16. The van der Waals surface area contributed by atoms with Crippen molar-refractivity contribution in [3.63, 3.8) is 0 Å². The monoisotopic (exact) mass is 168 g/mol. The summed E-state index contributed by atoms with van der Waals surface area (Å²) in [6.07, 6.45) is 1.71. The molecule has 0 aromatic heterocycles. The first-order chi connectivity index (χ1) is 5.24. The van der Waals surface area contributed by atoms with Crippen molar-refractivity contribution in [3.05, 3.63) is 36.4 Å². The molecule has 0 spiro atoms. The molecule has 0 saturated carbocycles. The number of hydrogen-bond donors (Lipinski definition) is 2. The minimum Gasteiger partial charge on any atom is -0.347 e. The molecule has 0 radical (unpaired) electrons. The van der Waals surface area contributed by atoms with Crippen molar-refractivity contribution in [2.75, 3.05) is 0 Å². The van der Waals surface area contributed by atoms with Gasteiger partial charge in [-0.25, -0.2) is 0 Å². The van der Waals surface area contributed by atoms with E-state index in [1.165, 1.54) is 0 Å². The molecule has 0 atom stereocenters. The lowest BCUT2D eigenvalue weighted by Gasteiger charge is -2.01. The van der Waals surface area contributed by atoms with Crippen LogP contribution in [0, 0.1) is 0 Å². The standard InChI is InChI=1S/C8H9O2P/c1-2-7-3-5-8(6-4-7)11(9)10/h2-6,9-10H,1H2. The van der Waals surface area contributed by atoms with Gasteiger partial charge in [-0.05, 0) is 17.7 Å². The Labute approximate surface area is 66.7 Å². The van der Waals surface area contributed by atoms with Gasteiger partial charge in [0.2, 0.25) is 0 Å². The molecule has 0 amide bonds. The summed E-state index contributed by atoms with van der Waals surface area (Å²) in [5.74, 6) is 0. The van der Waals surface area contributed by atoms with Gasteiger partial charge in [-0.15, -0.1) is 0 Å². The molecule has 2 N–H and O–H groups in total. The van der Waals surface area contributed by atoms with E-state index in [0.717, 1.165) is 5.56 Å². The van der Waals surface area contributed by atoms with Crippen LogP contribution in [0.2, 0.25) is 0 Å². The quantitative estimate of drug-likeness (QED) is 0.652. The Morgan fingerprint density at radius 2 is 1.73 bits per heavy atom. The lowest BCUT2D eigenvalue weighted by atomic mass is 10.2. The van der Waals surface area contributed by atoms with E-state index in [1.807, 2.05) is 0 Å². The van der Waals surface area contributed by atoms with Crippen LogP contribution in [0.1, 0.15) is 5.56 Å². The Bertz CT molecular complexity index is 241. The Morgan fingerprint density at radius 3 is 2.09 bits per heavy atom. The molecule has 0 aliphatic carbocycles. The molecule has 11 heavy (non-hydrogen) atoms. The highest BCUT2D eigenvalue weighted by atomic mass is 31.2. The highest BCUT2D eigenvalue weighted by Crippen LogP contribution is 2.21. The van der Waals surface area contributed by atoms with Crippen molar-refractivity contribution in [2.45, 2.75) is 0 Å². The van der Waals surface area contributed by atoms with E-state index in [-0.39, 0.29) is 0 Å². The summed E-state index contributed by atoms with van der Waals surface area (Å²) < 4.78 is 0. The largest absolute Gasteiger partial charge is 0.347 e. The lowest BCUT2D eigenvalue weighted by molar-refractivity contribution is 0.497. The smallest absolute Gasteiger partial charge is 0.199 e. The molecule has 0 fully saturated rings. The molecule has 0 saturated heterocycles. The first-order valence-corrected chi connectivity index (χ1v) is 4.39. The third kappa shape index (κ3) is 2.12. The fraction of sp³-hybridized carbons (Fsp3) is 0. The lowest BCUT2D eigenvalue weighted by Crippen LogP contribution is -1.97. The average Bonchev–Trinajstić information content (AvgIpc) is 2.05. The van der Waals surface area contributed by atoms with Crippen LogP contribution in [0.15, 0.2) is 30.8 Å². The van der Waals surface area contributed by atoms with Crippen molar-refractivity contribution < 1.29 is 9.79 Å². The van der Waals surface area contributed by atoms with Crippen LogP contribution in [0.3, 0.4) is 0 Å². The zero-order valence-electron chi connectivity index (χ0n) is 5.94. The summed E-state index contributed by atoms with van der Waals surface area (Å²) >= 11 is 0. The van der Waals surface area contributed by atoms with Crippen molar-refractivity contribution in [1.29, 1.82) is 0 Å². The molecule has 1 rings (SSSR count). The number of rotatable bonds is 2. The third-order valence-electron chi connectivity index (χ3n) is 1.36. The molecule has 1 aromatic rings. The highest BCUT2D eigenvalue weighted by Gasteiger charge is 2.00. The van der Waals surface area contributed by atoms with Crippen molar-refractivity contribution >= 4 is 19.8 Å². The maximum atomic E-state index is 8.78. The molecule has 0 bridgehead atoms. The van der Waals surface area contributed by atoms with E-state index in [1.54, 1.807) is 30.3 Å². The molecule has 0 unspecified atom stereocenters. The van der Waals surface area contributed by atoms with E-state index in [0.29, 0.717) is 5.30 Å². The van der Waals surface area contributed by atoms with E-state index in [9.17, 15) is 0 Å². The summed E-state index contributed by atoms with van der Waals surface area (Å²) in [5.41, 5.74) is 0.977. The number of benzene rings is 1. The maximum Gasteiger partial charge on any atom is 0.199 e. The van der Waals surface area contributed by atoms with Gasteiger partial charge in [0.05, 0.1) is 0 Å². The zero-order chi connectivity index (χ0) is 8.27. The fourth-order valence-electron chi connectivity index (χ4n) is 0.744. The van der Waals surface area contributed by atoms with E-state index in [4.69, 9.17) is 9.79 Å². The summed E-state index contributed by atoms with van der Waals surface area (Å²) in [6.45, 7) is 3.59. The van der Waals surface area contributed by atoms with Gasteiger partial charge >= 0.3 is 0 Å². The van der Waals surface area contributed by atoms with Crippen LogP contribution in [0.25, 0.3) is 6.08 Å². The van der Waals surface area contributed by atoms with Gasteiger partial charge in [0.1, 0.15) is 0 Å². The van der Waals surface area contributed by atoms with Gasteiger partial charge in [0.25, 0.3) is 0 Å². The van der Waals surface area contributed by atoms with Crippen molar-refractivity contribution in [2.24, 2.45) is 0 Å². The van der Waals surface area contributed by atoms with Crippen molar-refractivity contribution in [1.82, 2.24) is 0 Å². The van der Waals surface area contributed by atoms with Gasteiger partial charge in [-0.2, -0.15) is 0 Å². The van der Waals surface area contributed by atoms with Gasteiger partial charge in [0, 0.05) is 5.30 Å². The average molecular weight is 168 g/mol. The highest BCUT2D eigenvalue weighted by molar-refractivity contribution is 7.54. The van der Waals surface area contributed by atoms with E-state index >= 15 is 0 Å². The molecular formula is C8H9O2P. The topological polar surface area (TPSA) is 40.5 Å². The summed E-state index contributed by atoms with van der Waals surface area (Å²) in [4.78, 5) is 17.6. The van der Waals surface area contributed by atoms with Crippen LogP contribution >= 0.6 is 8.38 Å². The summed E-state index contributed by atoms with van der Waals surface area (Å²) in [6, 6.07) is 6.96. The number of hydrogen-bond acceptors (Lipinski definition) is 2. The van der Waals surface area contributed by atoms with Crippen LogP contribution in [0.4, 0.5) is 0 Å². The normalized spacial score (nSPS) is 10.1. The minimum absolute atomic E-state index is 0.561. The van der Waals surface area contributed by atoms with Crippen molar-refractivity contribution in [3.8, 4) is 0 Å². The van der Waals surface area contributed by atoms with Gasteiger partial charge < -0.3 is 9.79 Å². The molecule has 0 aliphatic heterocycles. The molecule has 3 heteroatoms. The van der Waals surface area contributed by atoms with Crippen LogP contribution in [-0.2, 0) is 0 Å². The molecule has 1 aromatic carbocycles. The predicted molar refractivity (Wildman–Crippen MR) is 47.5 cm³/mol. The van der Waals surface area contributed by atoms with Crippen LogP contribution in [0.5, 0.6) is 0 Å². The summed E-state index contributed by atoms with van der Waals surface area (Å²) in [7, 11) is -1.95. The molecular weight excluding hydrogens is 159 g/mol. The first-order valence-electron chi connectivity index (χ1n) is 3.14. The minimum atomic E-state index is -1.95. The van der Waals surface area contributed by atoms with Crippen LogP contribution in [-0.4, -0.2) is 9.79 Å². The second kappa shape index (κ2) is 3.63.